The Morgan fingerprint density at radius 1 is 1.33 bits per heavy atom. The van der Waals surface area contributed by atoms with Crippen molar-refractivity contribution in [2.45, 2.75) is 33.6 Å². The molecule has 1 heterocycles. The highest BCUT2D eigenvalue weighted by Gasteiger charge is 2.28. The van der Waals surface area contributed by atoms with Gasteiger partial charge in [-0.2, -0.15) is 0 Å². The number of sulfonamides is 1. The van der Waals surface area contributed by atoms with Gasteiger partial charge in [0.15, 0.2) is 0 Å². The van der Waals surface area contributed by atoms with Crippen LogP contribution in [0.15, 0.2) is 24.3 Å². The standard InChI is InChI=1S/C15H22N2O3S/c1-15(2,3)11-14(18)16-12-6-4-7-13(10-12)17-8-5-9-21(17,19)20/h4,6-7,10H,5,8-9,11H2,1-3H3,(H,16,18). The molecule has 1 aliphatic heterocycles. The minimum Gasteiger partial charge on any atom is -0.326 e. The molecule has 0 atom stereocenters. The van der Waals surface area contributed by atoms with Crippen molar-refractivity contribution in [2.75, 3.05) is 21.9 Å². The molecule has 21 heavy (non-hydrogen) atoms. The summed E-state index contributed by atoms with van der Waals surface area (Å²) in [5, 5.41) is 2.83. The van der Waals surface area contributed by atoms with E-state index in [1.54, 1.807) is 24.3 Å². The molecule has 1 amide bonds. The molecule has 1 aromatic carbocycles. The van der Waals surface area contributed by atoms with Gasteiger partial charge in [-0.15, -0.1) is 0 Å². The predicted molar refractivity (Wildman–Crippen MR) is 84.9 cm³/mol. The van der Waals surface area contributed by atoms with Crippen molar-refractivity contribution in [1.29, 1.82) is 0 Å². The van der Waals surface area contributed by atoms with Crippen molar-refractivity contribution in [1.82, 2.24) is 0 Å². The normalized spacial score (nSPS) is 17.8. The highest BCUT2D eigenvalue weighted by atomic mass is 32.2. The second-order valence-electron chi connectivity index (χ2n) is 6.58. The second-order valence-corrected chi connectivity index (χ2v) is 8.59. The fraction of sp³-hybridized carbons (Fsp3) is 0.533. The van der Waals surface area contributed by atoms with Crippen LogP contribution in [0.3, 0.4) is 0 Å². The van der Waals surface area contributed by atoms with Crippen LogP contribution in [-0.2, 0) is 14.8 Å². The third-order valence-electron chi connectivity index (χ3n) is 3.21. The minimum atomic E-state index is -3.19. The van der Waals surface area contributed by atoms with E-state index in [4.69, 9.17) is 0 Å². The van der Waals surface area contributed by atoms with Crippen LogP contribution in [0.2, 0.25) is 0 Å². The van der Waals surface area contributed by atoms with E-state index in [2.05, 4.69) is 5.32 Å². The molecular weight excluding hydrogens is 288 g/mol. The molecule has 2 rings (SSSR count). The first kappa shape index (κ1) is 15.8. The lowest BCUT2D eigenvalue weighted by molar-refractivity contribution is -0.117. The molecule has 0 aliphatic carbocycles. The maximum atomic E-state index is 11.9. The maximum Gasteiger partial charge on any atom is 0.235 e. The molecule has 1 N–H and O–H groups in total. The van der Waals surface area contributed by atoms with Gasteiger partial charge in [0.05, 0.1) is 11.4 Å². The van der Waals surface area contributed by atoms with Gasteiger partial charge in [0.2, 0.25) is 15.9 Å². The van der Waals surface area contributed by atoms with Crippen molar-refractivity contribution in [3.05, 3.63) is 24.3 Å². The largest absolute Gasteiger partial charge is 0.326 e. The number of rotatable bonds is 3. The SMILES string of the molecule is CC(C)(C)CC(=O)Nc1cccc(N2CCCS2(=O)=O)c1. The fourth-order valence-electron chi connectivity index (χ4n) is 2.36. The monoisotopic (exact) mass is 310 g/mol. The van der Waals surface area contributed by atoms with Crippen LogP contribution in [0.5, 0.6) is 0 Å². The Hall–Kier alpha value is -1.56. The first-order chi connectivity index (χ1) is 9.67. The van der Waals surface area contributed by atoms with Gasteiger partial charge in [-0.1, -0.05) is 26.8 Å². The highest BCUT2D eigenvalue weighted by Crippen LogP contribution is 2.27. The predicted octanol–water partition coefficient (Wildman–Crippen LogP) is 2.60. The van der Waals surface area contributed by atoms with E-state index >= 15 is 0 Å². The molecule has 0 spiro atoms. The zero-order valence-corrected chi connectivity index (χ0v) is 13.5. The van der Waals surface area contributed by atoms with Gasteiger partial charge >= 0.3 is 0 Å². The van der Waals surface area contributed by atoms with Crippen molar-refractivity contribution < 1.29 is 13.2 Å². The number of benzene rings is 1. The summed E-state index contributed by atoms with van der Waals surface area (Å²) in [6, 6.07) is 6.99. The first-order valence-electron chi connectivity index (χ1n) is 7.08. The highest BCUT2D eigenvalue weighted by molar-refractivity contribution is 7.93. The Kier molecular flexibility index (Phi) is 4.27. The Balaban J connectivity index is 2.13. The summed E-state index contributed by atoms with van der Waals surface area (Å²) in [6.45, 7) is 6.50. The smallest absolute Gasteiger partial charge is 0.235 e. The molecule has 0 saturated carbocycles. The van der Waals surface area contributed by atoms with E-state index in [1.165, 1.54) is 4.31 Å². The van der Waals surface area contributed by atoms with E-state index in [0.717, 1.165) is 0 Å². The molecule has 6 heteroatoms. The number of carbonyl (C=O) groups is 1. The summed E-state index contributed by atoms with van der Waals surface area (Å²) < 4.78 is 25.3. The van der Waals surface area contributed by atoms with Crippen LogP contribution in [0.4, 0.5) is 11.4 Å². The molecule has 1 fully saturated rings. The molecule has 0 unspecified atom stereocenters. The van der Waals surface area contributed by atoms with Crippen LogP contribution >= 0.6 is 0 Å². The Labute approximate surface area is 126 Å². The number of hydrogen-bond acceptors (Lipinski definition) is 3. The van der Waals surface area contributed by atoms with E-state index in [1.807, 2.05) is 20.8 Å². The Morgan fingerprint density at radius 2 is 2.05 bits per heavy atom. The average molecular weight is 310 g/mol. The molecule has 1 aliphatic rings. The number of nitrogens with one attached hydrogen (secondary N) is 1. The number of anilines is 2. The van der Waals surface area contributed by atoms with Crippen molar-refractivity contribution in [2.24, 2.45) is 5.41 Å². The molecule has 0 bridgehead atoms. The zero-order valence-electron chi connectivity index (χ0n) is 12.7. The second kappa shape index (κ2) is 5.67. The minimum absolute atomic E-state index is 0.0658. The lowest BCUT2D eigenvalue weighted by Crippen LogP contribution is -2.25. The topological polar surface area (TPSA) is 66.5 Å². The number of hydrogen-bond donors (Lipinski definition) is 1. The van der Waals surface area contributed by atoms with Gasteiger partial charge in [0, 0.05) is 18.7 Å². The zero-order chi connectivity index (χ0) is 15.7. The van der Waals surface area contributed by atoms with Crippen LogP contribution < -0.4 is 9.62 Å². The van der Waals surface area contributed by atoms with E-state index in [9.17, 15) is 13.2 Å². The first-order valence-corrected chi connectivity index (χ1v) is 8.69. The van der Waals surface area contributed by atoms with Crippen molar-refractivity contribution in [3.8, 4) is 0 Å². The van der Waals surface area contributed by atoms with Crippen LogP contribution in [0, 0.1) is 5.41 Å². The Bertz CT molecular complexity index is 633. The summed E-state index contributed by atoms with van der Waals surface area (Å²) in [6.07, 6.45) is 1.06. The van der Waals surface area contributed by atoms with Crippen molar-refractivity contribution in [3.63, 3.8) is 0 Å². The molecule has 1 saturated heterocycles. The summed E-state index contributed by atoms with van der Waals surface area (Å²) in [5.41, 5.74) is 1.16. The van der Waals surface area contributed by atoms with Gasteiger partial charge in [0.1, 0.15) is 0 Å². The van der Waals surface area contributed by atoms with E-state index < -0.39 is 10.0 Å². The molecular formula is C15H22N2O3S. The number of amides is 1. The Morgan fingerprint density at radius 3 is 2.62 bits per heavy atom. The van der Waals surface area contributed by atoms with Gasteiger partial charge in [-0.25, -0.2) is 8.42 Å². The van der Waals surface area contributed by atoms with E-state index in [0.29, 0.717) is 30.8 Å². The molecule has 0 radical (unpaired) electrons. The maximum absolute atomic E-state index is 11.9. The number of carbonyl (C=O) groups excluding carboxylic acids is 1. The molecule has 1 aromatic rings. The third kappa shape index (κ3) is 4.20. The van der Waals surface area contributed by atoms with E-state index in [-0.39, 0.29) is 17.1 Å². The summed E-state index contributed by atoms with van der Waals surface area (Å²) in [4.78, 5) is 11.9. The van der Waals surface area contributed by atoms with Crippen molar-refractivity contribution >= 4 is 27.3 Å². The summed E-state index contributed by atoms with van der Waals surface area (Å²) in [7, 11) is -3.19. The average Bonchev–Trinajstić information content (AvgIpc) is 2.66. The lowest BCUT2D eigenvalue weighted by Gasteiger charge is -2.19. The lowest BCUT2D eigenvalue weighted by atomic mass is 9.92. The van der Waals surface area contributed by atoms with Crippen LogP contribution in [-0.4, -0.2) is 26.6 Å². The van der Waals surface area contributed by atoms with Crippen LogP contribution in [0.1, 0.15) is 33.6 Å². The molecule has 0 aromatic heterocycles. The summed E-state index contributed by atoms with van der Waals surface area (Å²) in [5.74, 6) is 0.122. The third-order valence-corrected chi connectivity index (χ3v) is 5.08. The van der Waals surface area contributed by atoms with Gasteiger partial charge in [-0.3, -0.25) is 9.10 Å². The summed E-state index contributed by atoms with van der Waals surface area (Å²) >= 11 is 0. The van der Waals surface area contributed by atoms with Gasteiger partial charge in [-0.05, 0) is 30.0 Å². The molecule has 5 nitrogen and oxygen atoms in total. The fourth-order valence-corrected chi connectivity index (χ4v) is 3.91. The quantitative estimate of drug-likeness (QED) is 0.933. The molecule has 116 valence electrons. The number of nitrogens with zero attached hydrogens (tertiary/aromatic N) is 1. The van der Waals surface area contributed by atoms with Gasteiger partial charge < -0.3 is 5.32 Å². The van der Waals surface area contributed by atoms with Crippen LogP contribution in [0.25, 0.3) is 0 Å². The van der Waals surface area contributed by atoms with Gasteiger partial charge in [0.25, 0.3) is 0 Å².